The molecule has 0 aromatic heterocycles. The molecule has 0 spiro atoms. The first-order valence-corrected chi connectivity index (χ1v) is 6.10. The fraction of sp³-hybridized carbons (Fsp3) is 0.143. The lowest BCUT2D eigenvalue weighted by atomic mass is 10.1. The molecule has 7 nitrogen and oxygen atoms in total. The second-order valence-corrected chi connectivity index (χ2v) is 4.18. The highest BCUT2D eigenvalue weighted by Gasteiger charge is 2.09. The van der Waals surface area contributed by atoms with Gasteiger partial charge in [0.2, 0.25) is 0 Å². The first-order chi connectivity index (χ1) is 10.1. The number of nitrogens with one attached hydrogen (secondary N) is 1. The molecule has 110 valence electrons. The largest absolute Gasteiger partial charge is 0.483 e. The molecule has 4 N–H and O–H groups in total. The topological polar surface area (TPSA) is 111 Å². The number of hydrogen-bond donors (Lipinski definition) is 3. The lowest BCUT2D eigenvalue weighted by Gasteiger charge is -2.11. The second-order valence-electron chi connectivity index (χ2n) is 4.18. The van der Waals surface area contributed by atoms with Crippen molar-refractivity contribution in [1.29, 1.82) is 0 Å². The van der Waals surface area contributed by atoms with Gasteiger partial charge in [0.25, 0.3) is 5.91 Å². The molecule has 0 unspecified atom stereocenters. The predicted octanol–water partition coefficient (Wildman–Crippen LogP) is 0.672. The van der Waals surface area contributed by atoms with Gasteiger partial charge in [-0.25, -0.2) is 10.6 Å². The van der Waals surface area contributed by atoms with Crippen molar-refractivity contribution in [3.8, 4) is 11.5 Å². The van der Waals surface area contributed by atoms with Gasteiger partial charge in [0.1, 0.15) is 11.5 Å². The number of carboxylic acid groups (broad SMARTS) is 1. The summed E-state index contributed by atoms with van der Waals surface area (Å²) in [5.74, 6) is 4.20. The fourth-order valence-corrected chi connectivity index (χ4v) is 1.78. The van der Waals surface area contributed by atoms with Gasteiger partial charge >= 0.3 is 5.97 Å². The zero-order valence-corrected chi connectivity index (χ0v) is 11.0. The zero-order chi connectivity index (χ0) is 15.2. The third kappa shape index (κ3) is 3.83. The van der Waals surface area contributed by atoms with E-state index in [0.717, 1.165) is 10.8 Å². The molecule has 0 saturated carbocycles. The molecule has 1 amide bonds. The molecule has 0 heterocycles. The van der Waals surface area contributed by atoms with E-state index < -0.39 is 18.5 Å². The van der Waals surface area contributed by atoms with Crippen LogP contribution in [0.1, 0.15) is 0 Å². The first-order valence-electron chi connectivity index (χ1n) is 6.10. The number of rotatable bonds is 6. The van der Waals surface area contributed by atoms with Gasteiger partial charge in [-0.05, 0) is 11.5 Å². The molecule has 0 bridgehead atoms. The van der Waals surface area contributed by atoms with E-state index in [2.05, 4.69) is 0 Å². The molecular weight excluding hydrogens is 276 g/mol. The molecule has 0 saturated heterocycles. The number of aliphatic carboxylic acids is 1. The van der Waals surface area contributed by atoms with Crippen molar-refractivity contribution in [2.45, 2.75) is 0 Å². The Morgan fingerprint density at radius 2 is 1.90 bits per heavy atom. The SMILES string of the molecule is NNC(=O)COc1cc(OCC(=O)O)cc2ccccc12. The van der Waals surface area contributed by atoms with Crippen LogP contribution in [0.4, 0.5) is 0 Å². The van der Waals surface area contributed by atoms with E-state index >= 15 is 0 Å². The number of amides is 1. The van der Waals surface area contributed by atoms with Crippen molar-refractivity contribution in [2.75, 3.05) is 13.2 Å². The lowest BCUT2D eigenvalue weighted by Crippen LogP contribution is -2.34. The molecule has 0 radical (unpaired) electrons. The molecule has 7 heteroatoms. The zero-order valence-electron chi connectivity index (χ0n) is 11.0. The van der Waals surface area contributed by atoms with Crippen molar-refractivity contribution in [3.05, 3.63) is 36.4 Å². The number of benzene rings is 2. The maximum absolute atomic E-state index is 11.2. The Bertz CT molecular complexity index is 671. The second kappa shape index (κ2) is 6.58. The molecule has 0 atom stereocenters. The molecule has 0 fully saturated rings. The maximum atomic E-state index is 11.2. The highest BCUT2D eigenvalue weighted by Crippen LogP contribution is 2.31. The van der Waals surface area contributed by atoms with E-state index in [9.17, 15) is 9.59 Å². The number of fused-ring (bicyclic) bond motifs is 1. The van der Waals surface area contributed by atoms with Gasteiger partial charge in [-0.3, -0.25) is 10.2 Å². The standard InChI is InChI=1S/C14H14N2O5/c15-16-13(17)7-21-12-6-10(20-8-14(18)19)5-9-3-1-2-4-11(9)12/h1-6H,7-8,15H2,(H,16,17)(H,18,19). The van der Waals surface area contributed by atoms with E-state index in [4.69, 9.17) is 20.4 Å². The quantitative estimate of drug-likeness (QED) is 0.410. The van der Waals surface area contributed by atoms with Crippen LogP contribution >= 0.6 is 0 Å². The van der Waals surface area contributed by atoms with Crippen LogP contribution in [0.5, 0.6) is 11.5 Å². The summed E-state index contributed by atoms with van der Waals surface area (Å²) in [6, 6.07) is 10.6. The predicted molar refractivity (Wildman–Crippen MR) is 74.9 cm³/mol. The van der Waals surface area contributed by atoms with Gasteiger partial charge in [-0.1, -0.05) is 24.3 Å². The monoisotopic (exact) mass is 290 g/mol. The minimum absolute atomic E-state index is 0.247. The summed E-state index contributed by atoms with van der Waals surface area (Å²) in [5.41, 5.74) is 1.97. The highest BCUT2D eigenvalue weighted by atomic mass is 16.5. The molecule has 0 aliphatic carbocycles. The summed E-state index contributed by atoms with van der Waals surface area (Å²) in [4.78, 5) is 21.7. The highest BCUT2D eigenvalue weighted by molar-refractivity contribution is 5.90. The summed E-state index contributed by atoms with van der Waals surface area (Å²) < 4.78 is 10.5. The molecule has 2 rings (SSSR count). The maximum Gasteiger partial charge on any atom is 0.341 e. The van der Waals surface area contributed by atoms with Gasteiger partial charge in [-0.15, -0.1) is 0 Å². The number of carboxylic acids is 1. The number of carbonyl (C=O) groups is 2. The number of ether oxygens (including phenoxy) is 2. The van der Waals surface area contributed by atoms with E-state index in [1.807, 2.05) is 29.7 Å². The van der Waals surface area contributed by atoms with Gasteiger partial charge in [0.15, 0.2) is 13.2 Å². The minimum atomic E-state index is -1.08. The van der Waals surface area contributed by atoms with Crippen LogP contribution in [0.15, 0.2) is 36.4 Å². The normalized spacial score (nSPS) is 10.1. The van der Waals surface area contributed by atoms with Gasteiger partial charge in [0, 0.05) is 11.5 Å². The van der Waals surface area contributed by atoms with Crippen LogP contribution < -0.4 is 20.7 Å². The third-order valence-electron chi connectivity index (χ3n) is 2.68. The number of hydrogen-bond acceptors (Lipinski definition) is 5. The first kappa shape index (κ1) is 14.6. The average Bonchev–Trinajstić information content (AvgIpc) is 2.50. The lowest BCUT2D eigenvalue weighted by molar-refractivity contribution is -0.139. The molecule has 21 heavy (non-hydrogen) atoms. The molecular formula is C14H14N2O5. The van der Waals surface area contributed by atoms with Crippen LogP contribution in [0.25, 0.3) is 10.8 Å². The van der Waals surface area contributed by atoms with Crippen molar-refractivity contribution in [2.24, 2.45) is 5.84 Å². The smallest absolute Gasteiger partial charge is 0.341 e. The van der Waals surface area contributed by atoms with Crippen molar-refractivity contribution in [1.82, 2.24) is 5.43 Å². The average molecular weight is 290 g/mol. The van der Waals surface area contributed by atoms with Gasteiger partial charge < -0.3 is 14.6 Å². The Kier molecular flexibility index (Phi) is 4.57. The Morgan fingerprint density at radius 3 is 2.62 bits per heavy atom. The minimum Gasteiger partial charge on any atom is -0.483 e. The van der Waals surface area contributed by atoms with Gasteiger partial charge in [0.05, 0.1) is 0 Å². The summed E-state index contributed by atoms with van der Waals surface area (Å²) >= 11 is 0. The van der Waals surface area contributed by atoms with E-state index in [1.165, 1.54) is 6.07 Å². The van der Waals surface area contributed by atoms with Crippen molar-refractivity contribution >= 4 is 22.6 Å². The van der Waals surface area contributed by atoms with Crippen molar-refractivity contribution < 1.29 is 24.2 Å². The molecule has 2 aromatic rings. The number of carbonyl (C=O) groups excluding carboxylic acids is 1. The molecule has 2 aromatic carbocycles. The van der Waals surface area contributed by atoms with Crippen molar-refractivity contribution in [3.63, 3.8) is 0 Å². The fourth-order valence-electron chi connectivity index (χ4n) is 1.78. The van der Waals surface area contributed by atoms with Crippen LogP contribution in [0, 0.1) is 0 Å². The number of hydrazine groups is 1. The van der Waals surface area contributed by atoms with Crippen LogP contribution in [0.2, 0.25) is 0 Å². The third-order valence-corrected chi connectivity index (χ3v) is 2.68. The van der Waals surface area contributed by atoms with E-state index in [0.29, 0.717) is 11.5 Å². The summed E-state index contributed by atoms with van der Waals surface area (Å²) in [6.07, 6.45) is 0. The summed E-state index contributed by atoms with van der Waals surface area (Å²) in [5, 5.41) is 10.2. The summed E-state index contributed by atoms with van der Waals surface area (Å²) in [7, 11) is 0. The Balaban J connectivity index is 2.31. The summed E-state index contributed by atoms with van der Waals surface area (Å²) in [6.45, 7) is -0.704. The Hall–Kier alpha value is -2.80. The van der Waals surface area contributed by atoms with Crippen LogP contribution in [-0.2, 0) is 9.59 Å². The Labute approximate surface area is 120 Å². The molecule has 0 aliphatic heterocycles. The van der Waals surface area contributed by atoms with E-state index in [1.54, 1.807) is 6.07 Å². The molecule has 0 aliphatic rings. The van der Waals surface area contributed by atoms with Gasteiger partial charge in [-0.2, -0.15) is 0 Å². The van der Waals surface area contributed by atoms with Crippen LogP contribution in [-0.4, -0.2) is 30.2 Å². The van der Waals surface area contributed by atoms with Crippen LogP contribution in [0.3, 0.4) is 0 Å². The number of nitrogens with two attached hydrogens (primary N) is 1. The Morgan fingerprint density at radius 1 is 1.14 bits per heavy atom. The van der Waals surface area contributed by atoms with E-state index in [-0.39, 0.29) is 6.61 Å².